The Morgan fingerprint density at radius 3 is 1.44 bits per heavy atom. The fourth-order valence-electron chi connectivity index (χ4n) is 2.68. The fourth-order valence-corrected chi connectivity index (χ4v) is 2.68. The standard InChI is InChI=1S/C19H40N4O4/c1-5-22(16-12-20-10-8-18(24)26-3)14-7-15-23(6-2)17-13-21-11-9-19(25)27-4/h20-21H,5-17H2,1-4H3. The second-order valence-corrected chi connectivity index (χ2v) is 6.37. The van der Waals surface area contributed by atoms with Gasteiger partial charge >= 0.3 is 11.9 Å². The Labute approximate surface area is 164 Å². The molecule has 0 aliphatic carbocycles. The molecule has 0 saturated heterocycles. The molecule has 27 heavy (non-hydrogen) atoms. The van der Waals surface area contributed by atoms with Crippen LogP contribution in [-0.4, -0.2) is 101 Å². The van der Waals surface area contributed by atoms with E-state index in [1.165, 1.54) is 14.2 Å². The van der Waals surface area contributed by atoms with Gasteiger partial charge in [-0.25, -0.2) is 0 Å². The highest BCUT2D eigenvalue weighted by Gasteiger charge is 2.06. The van der Waals surface area contributed by atoms with Crippen molar-refractivity contribution in [3.63, 3.8) is 0 Å². The second kappa shape index (κ2) is 18.2. The molecule has 8 heteroatoms. The molecule has 0 aliphatic heterocycles. The summed E-state index contributed by atoms with van der Waals surface area (Å²) in [6.07, 6.45) is 1.97. The average molecular weight is 389 g/mol. The first kappa shape index (κ1) is 25.8. The number of nitrogens with zero attached hydrogens (tertiary/aromatic N) is 2. The molecule has 8 nitrogen and oxygen atoms in total. The van der Waals surface area contributed by atoms with E-state index in [0.29, 0.717) is 25.9 Å². The predicted octanol–water partition coefficient (Wildman–Crippen LogP) is 0.326. The van der Waals surface area contributed by atoms with Gasteiger partial charge in [-0.3, -0.25) is 9.59 Å². The molecule has 0 aromatic rings. The van der Waals surface area contributed by atoms with Crippen LogP contribution in [0.5, 0.6) is 0 Å². The zero-order chi connectivity index (χ0) is 20.3. The Hall–Kier alpha value is -1.22. The molecule has 0 amide bonds. The number of methoxy groups -OCH3 is 2. The Kier molecular flexibility index (Phi) is 17.3. The molecule has 0 spiro atoms. The topological polar surface area (TPSA) is 83.1 Å². The van der Waals surface area contributed by atoms with Gasteiger partial charge in [0.15, 0.2) is 0 Å². The maximum Gasteiger partial charge on any atom is 0.306 e. The molecule has 0 aromatic heterocycles. The first-order valence-electron chi connectivity index (χ1n) is 10.1. The van der Waals surface area contributed by atoms with Crippen LogP contribution in [0.2, 0.25) is 0 Å². The number of likely N-dealkylation sites (N-methyl/N-ethyl adjacent to an activating group) is 2. The molecule has 0 atom stereocenters. The van der Waals surface area contributed by atoms with Gasteiger partial charge in [0.1, 0.15) is 0 Å². The SMILES string of the molecule is CCN(CCCN(CC)CCNCCC(=O)OC)CCNCCC(=O)OC. The van der Waals surface area contributed by atoms with Crippen LogP contribution in [0, 0.1) is 0 Å². The number of carbonyl (C=O) groups excluding carboxylic acids is 2. The number of hydrogen-bond acceptors (Lipinski definition) is 8. The Bertz CT molecular complexity index is 349. The number of nitrogens with one attached hydrogen (secondary N) is 2. The van der Waals surface area contributed by atoms with E-state index in [4.69, 9.17) is 0 Å². The molecule has 0 fully saturated rings. The zero-order valence-electron chi connectivity index (χ0n) is 17.7. The molecule has 160 valence electrons. The van der Waals surface area contributed by atoms with Crippen molar-refractivity contribution in [2.24, 2.45) is 0 Å². The summed E-state index contributed by atoms with van der Waals surface area (Å²) in [6, 6.07) is 0. The second-order valence-electron chi connectivity index (χ2n) is 6.37. The Morgan fingerprint density at radius 1 is 0.704 bits per heavy atom. The molecule has 0 aliphatic rings. The van der Waals surface area contributed by atoms with E-state index >= 15 is 0 Å². The predicted molar refractivity (Wildman–Crippen MR) is 108 cm³/mol. The van der Waals surface area contributed by atoms with Gasteiger partial charge in [-0.1, -0.05) is 13.8 Å². The first-order valence-corrected chi connectivity index (χ1v) is 10.1. The Morgan fingerprint density at radius 2 is 1.11 bits per heavy atom. The van der Waals surface area contributed by atoms with Crippen molar-refractivity contribution < 1.29 is 19.1 Å². The van der Waals surface area contributed by atoms with Gasteiger partial charge < -0.3 is 29.9 Å². The van der Waals surface area contributed by atoms with E-state index in [1.807, 2.05) is 0 Å². The summed E-state index contributed by atoms with van der Waals surface area (Å²) < 4.78 is 9.25. The molecule has 0 bridgehead atoms. The van der Waals surface area contributed by atoms with Crippen LogP contribution < -0.4 is 10.6 Å². The molecular formula is C19H40N4O4. The molecule has 0 aromatic carbocycles. The lowest BCUT2D eigenvalue weighted by Gasteiger charge is -2.24. The number of hydrogen-bond donors (Lipinski definition) is 2. The summed E-state index contributed by atoms with van der Waals surface area (Å²) in [4.78, 5) is 27.0. The van der Waals surface area contributed by atoms with Crippen LogP contribution in [0.15, 0.2) is 0 Å². The van der Waals surface area contributed by atoms with Gasteiger partial charge in [-0.05, 0) is 32.6 Å². The van der Waals surface area contributed by atoms with Crippen molar-refractivity contribution in [3.05, 3.63) is 0 Å². The van der Waals surface area contributed by atoms with Crippen LogP contribution in [0.4, 0.5) is 0 Å². The molecule has 0 heterocycles. The summed E-state index contributed by atoms with van der Waals surface area (Å²) in [7, 11) is 2.83. The maximum absolute atomic E-state index is 11.1. The van der Waals surface area contributed by atoms with Crippen LogP contribution in [0.3, 0.4) is 0 Å². The lowest BCUT2D eigenvalue weighted by Crippen LogP contribution is -2.37. The van der Waals surface area contributed by atoms with Crippen LogP contribution in [-0.2, 0) is 19.1 Å². The van der Waals surface area contributed by atoms with Gasteiger partial charge in [0.2, 0.25) is 0 Å². The number of rotatable bonds is 18. The summed E-state index contributed by atoms with van der Waals surface area (Å²) in [6.45, 7) is 13.6. The van der Waals surface area contributed by atoms with Crippen molar-refractivity contribution in [1.29, 1.82) is 0 Å². The van der Waals surface area contributed by atoms with Crippen molar-refractivity contribution >= 4 is 11.9 Å². The van der Waals surface area contributed by atoms with Crippen molar-refractivity contribution in [1.82, 2.24) is 20.4 Å². The van der Waals surface area contributed by atoms with Crippen LogP contribution >= 0.6 is 0 Å². The van der Waals surface area contributed by atoms with E-state index in [-0.39, 0.29) is 11.9 Å². The van der Waals surface area contributed by atoms with Crippen molar-refractivity contribution in [2.45, 2.75) is 33.1 Å². The Balaban J connectivity index is 3.74. The molecule has 0 saturated carbocycles. The van der Waals surface area contributed by atoms with Crippen LogP contribution in [0.25, 0.3) is 0 Å². The van der Waals surface area contributed by atoms with E-state index in [9.17, 15) is 9.59 Å². The minimum absolute atomic E-state index is 0.172. The van der Waals surface area contributed by atoms with Gasteiger partial charge in [0.05, 0.1) is 27.1 Å². The van der Waals surface area contributed by atoms with Gasteiger partial charge in [-0.2, -0.15) is 0 Å². The molecule has 0 radical (unpaired) electrons. The van der Waals surface area contributed by atoms with Gasteiger partial charge in [0, 0.05) is 39.3 Å². The van der Waals surface area contributed by atoms with E-state index in [1.54, 1.807) is 0 Å². The zero-order valence-corrected chi connectivity index (χ0v) is 17.7. The minimum atomic E-state index is -0.172. The third kappa shape index (κ3) is 15.5. The first-order chi connectivity index (χ1) is 13.1. The monoisotopic (exact) mass is 388 g/mol. The highest BCUT2D eigenvalue weighted by molar-refractivity contribution is 5.69. The molecule has 0 rings (SSSR count). The van der Waals surface area contributed by atoms with E-state index < -0.39 is 0 Å². The summed E-state index contributed by atoms with van der Waals surface area (Å²) in [5.74, 6) is -0.344. The lowest BCUT2D eigenvalue weighted by atomic mass is 10.3. The molecule has 2 N–H and O–H groups in total. The number of ether oxygens (including phenoxy) is 2. The van der Waals surface area contributed by atoms with Gasteiger partial charge in [0.25, 0.3) is 0 Å². The highest BCUT2D eigenvalue weighted by atomic mass is 16.5. The normalized spacial score (nSPS) is 11.2. The number of esters is 2. The summed E-state index contributed by atoms with van der Waals surface area (Å²) in [5, 5.41) is 6.57. The fraction of sp³-hybridized carbons (Fsp3) is 0.895. The van der Waals surface area contributed by atoms with Gasteiger partial charge in [-0.15, -0.1) is 0 Å². The third-order valence-electron chi connectivity index (χ3n) is 4.52. The molecular weight excluding hydrogens is 348 g/mol. The largest absolute Gasteiger partial charge is 0.469 e. The number of carbonyl (C=O) groups is 2. The van der Waals surface area contributed by atoms with Crippen molar-refractivity contribution in [2.75, 3.05) is 79.7 Å². The smallest absolute Gasteiger partial charge is 0.306 e. The quantitative estimate of drug-likeness (QED) is 0.257. The van der Waals surface area contributed by atoms with E-state index in [2.05, 4.69) is 43.8 Å². The lowest BCUT2D eigenvalue weighted by molar-refractivity contribution is -0.141. The van der Waals surface area contributed by atoms with Crippen LogP contribution in [0.1, 0.15) is 33.1 Å². The summed E-state index contributed by atoms with van der Waals surface area (Å²) >= 11 is 0. The summed E-state index contributed by atoms with van der Waals surface area (Å²) in [5.41, 5.74) is 0. The minimum Gasteiger partial charge on any atom is -0.469 e. The van der Waals surface area contributed by atoms with E-state index in [0.717, 1.165) is 58.8 Å². The highest BCUT2D eigenvalue weighted by Crippen LogP contribution is 1.95. The maximum atomic E-state index is 11.1. The van der Waals surface area contributed by atoms with Crippen molar-refractivity contribution in [3.8, 4) is 0 Å². The molecule has 0 unspecified atom stereocenters. The average Bonchev–Trinajstić information content (AvgIpc) is 2.69. The third-order valence-corrected chi connectivity index (χ3v) is 4.52.